The maximum Gasteiger partial charge on any atom is 0.194 e. The van der Waals surface area contributed by atoms with Gasteiger partial charge in [0.1, 0.15) is 0 Å². The molecule has 4 nitrogen and oxygen atoms in total. The van der Waals surface area contributed by atoms with Gasteiger partial charge in [-0.05, 0) is 84.6 Å². The van der Waals surface area contributed by atoms with Crippen LogP contribution in [0.3, 0.4) is 0 Å². The van der Waals surface area contributed by atoms with Crippen molar-refractivity contribution in [1.82, 2.24) is 9.13 Å². The molecule has 0 atom stereocenters. The molecule has 44 heavy (non-hydrogen) atoms. The normalized spacial score (nSPS) is 11.8. The minimum absolute atomic E-state index is 0.519. The lowest BCUT2D eigenvalue weighted by Crippen LogP contribution is -1.92. The first-order valence-corrected chi connectivity index (χ1v) is 15.0. The predicted molar refractivity (Wildman–Crippen MR) is 186 cm³/mol. The number of para-hydroxylation sites is 2. The molecule has 0 aliphatic heterocycles. The third-order valence-corrected chi connectivity index (χ3v) is 8.58. The minimum Gasteiger partial charge on any atom is -0.341 e. The fraction of sp³-hybridized carbons (Fsp3) is 0.100. The molecule has 0 N–H and O–H groups in total. The monoisotopic (exact) mass is 566 g/mol. The van der Waals surface area contributed by atoms with Gasteiger partial charge >= 0.3 is 0 Å². The van der Waals surface area contributed by atoms with E-state index in [-0.39, 0.29) is 0 Å². The topological polar surface area (TPSA) is 38.0 Å². The summed E-state index contributed by atoms with van der Waals surface area (Å²) in [7, 11) is 0. The van der Waals surface area contributed by atoms with Crippen molar-refractivity contribution in [1.29, 1.82) is 5.26 Å². The third kappa shape index (κ3) is 4.46. The molecule has 0 radical (unpaired) electrons. The second-order valence-corrected chi connectivity index (χ2v) is 11.0. The van der Waals surface area contributed by atoms with Crippen molar-refractivity contribution in [2.75, 3.05) is 0 Å². The van der Waals surface area contributed by atoms with Crippen LogP contribution >= 0.6 is 0 Å². The number of nitrogens with zero attached hydrogens (tertiary/aromatic N) is 4. The van der Waals surface area contributed by atoms with Crippen LogP contribution in [0.1, 0.15) is 41.7 Å². The van der Waals surface area contributed by atoms with Crippen molar-refractivity contribution in [2.24, 2.45) is 0 Å². The maximum atomic E-state index is 10.0. The molecule has 0 saturated carbocycles. The Bertz CT molecular complexity index is 2210. The molecule has 2 heterocycles. The smallest absolute Gasteiger partial charge is 0.194 e. The van der Waals surface area contributed by atoms with Crippen molar-refractivity contribution >= 4 is 73.6 Å². The van der Waals surface area contributed by atoms with Gasteiger partial charge in [0.25, 0.3) is 0 Å². The van der Waals surface area contributed by atoms with Crippen LogP contribution in [0.5, 0.6) is 0 Å². The lowest BCUT2D eigenvalue weighted by atomic mass is 10.00. The molecule has 0 fully saturated rings. The lowest BCUT2D eigenvalue weighted by Gasteiger charge is -2.05. The molecule has 0 aliphatic rings. The number of benzene rings is 5. The van der Waals surface area contributed by atoms with Crippen LogP contribution in [0.15, 0.2) is 97.1 Å². The Labute approximate surface area is 256 Å². The highest BCUT2D eigenvalue weighted by atomic mass is 15.0. The van der Waals surface area contributed by atoms with E-state index in [2.05, 4.69) is 119 Å². The number of nitriles is 1. The molecule has 0 unspecified atom stereocenters. The van der Waals surface area contributed by atoms with Crippen LogP contribution in [-0.2, 0) is 13.1 Å². The highest BCUT2D eigenvalue weighted by molar-refractivity contribution is 6.09. The second kappa shape index (κ2) is 11.1. The van der Waals surface area contributed by atoms with Crippen LogP contribution in [-0.4, -0.2) is 9.13 Å². The third-order valence-electron chi connectivity index (χ3n) is 8.58. The average Bonchev–Trinajstić information content (AvgIpc) is 3.57. The summed E-state index contributed by atoms with van der Waals surface area (Å²) in [5.74, 6) is 0. The average molecular weight is 567 g/mol. The van der Waals surface area contributed by atoms with Gasteiger partial charge in [0.05, 0.1) is 18.2 Å². The molecule has 0 bridgehead atoms. The van der Waals surface area contributed by atoms with E-state index >= 15 is 0 Å². The van der Waals surface area contributed by atoms with Crippen LogP contribution in [0, 0.1) is 17.9 Å². The number of rotatable bonds is 6. The fourth-order valence-corrected chi connectivity index (χ4v) is 6.49. The number of aromatic nitrogens is 2. The zero-order chi connectivity index (χ0) is 30.2. The molecule has 5 aromatic carbocycles. The lowest BCUT2D eigenvalue weighted by molar-refractivity contribution is 0.827. The number of aryl methyl sites for hydroxylation is 2. The van der Waals surface area contributed by atoms with Crippen LogP contribution in [0.2, 0.25) is 0 Å². The van der Waals surface area contributed by atoms with E-state index in [0.29, 0.717) is 11.3 Å². The van der Waals surface area contributed by atoms with E-state index < -0.39 is 0 Å². The van der Waals surface area contributed by atoms with Gasteiger partial charge in [0.15, 0.2) is 5.69 Å². The summed E-state index contributed by atoms with van der Waals surface area (Å²) in [6.07, 6.45) is 7.94. The first-order valence-electron chi connectivity index (χ1n) is 15.0. The summed E-state index contributed by atoms with van der Waals surface area (Å²) < 4.78 is 4.67. The largest absolute Gasteiger partial charge is 0.341 e. The van der Waals surface area contributed by atoms with E-state index in [4.69, 9.17) is 6.57 Å². The molecule has 4 heteroatoms. The van der Waals surface area contributed by atoms with E-state index in [1.54, 1.807) is 0 Å². The summed E-state index contributed by atoms with van der Waals surface area (Å²) in [5, 5.41) is 14.9. The highest BCUT2D eigenvalue weighted by Gasteiger charge is 2.11. The molecule has 0 spiro atoms. The molecule has 0 amide bonds. The summed E-state index contributed by atoms with van der Waals surface area (Å²) in [4.78, 5) is 3.82. The Kier molecular flexibility index (Phi) is 6.82. The highest BCUT2D eigenvalue weighted by Crippen LogP contribution is 2.33. The van der Waals surface area contributed by atoms with Gasteiger partial charge in [-0.15, -0.1) is 0 Å². The van der Waals surface area contributed by atoms with Gasteiger partial charge in [0, 0.05) is 56.7 Å². The molecule has 0 aliphatic carbocycles. The molecular weight excluding hydrogens is 536 g/mol. The summed E-state index contributed by atoms with van der Waals surface area (Å²) >= 11 is 0. The minimum atomic E-state index is 0.519. The van der Waals surface area contributed by atoms with Crippen molar-refractivity contribution in [2.45, 2.75) is 26.9 Å². The van der Waals surface area contributed by atoms with Crippen molar-refractivity contribution in [3.05, 3.63) is 136 Å². The first kappa shape index (κ1) is 27.0. The number of hydrogen-bond acceptors (Lipinski definition) is 1. The number of hydrogen-bond donors (Lipinski definition) is 0. The van der Waals surface area contributed by atoms with Crippen molar-refractivity contribution < 1.29 is 0 Å². The molecule has 0 saturated heterocycles. The van der Waals surface area contributed by atoms with Crippen LogP contribution in [0.25, 0.3) is 72.8 Å². The Morgan fingerprint density at radius 1 is 0.614 bits per heavy atom. The Morgan fingerprint density at radius 3 is 1.61 bits per heavy atom. The first-order chi connectivity index (χ1) is 21.6. The van der Waals surface area contributed by atoms with Gasteiger partial charge in [-0.3, -0.25) is 0 Å². The van der Waals surface area contributed by atoms with E-state index in [1.807, 2.05) is 36.4 Å². The molecule has 2 aromatic heterocycles. The van der Waals surface area contributed by atoms with Gasteiger partial charge in [-0.25, -0.2) is 4.85 Å². The molecule has 210 valence electrons. The SMILES string of the molecule is [C-]#[N+]c1cc(C=Cc2ccc3c(c2)c2ccccc2n3CC)c(C#N)cc1C=Cc1ccc2c(c1)c1ccccc1n2CC. The fourth-order valence-electron chi connectivity index (χ4n) is 6.49. The zero-order valence-electron chi connectivity index (χ0n) is 24.8. The van der Waals surface area contributed by atoms with Crippen molar-refractivity contribution in [3.8, 4) is 6.07 Å². The molecule has 7 aromatic rings. The van der Waals surface area contributed by atoms with Gasteiger partial charge < -0.3 is 9.13 Å². The quantitative estimate of drug-likeness (QED) is 0.146. The van der Waals surface area contributed by atoms with Gasteiger partial charge in [-0.2, -0.15) is 5.26 Å². The van der Waals surface area contributed by atoms with Crippen molar-refractivity contribution in [3.63, 3.8) is 0 Å². The Hall–Kier alpha value is -5.84. The summed E-state index contributed by atoms with van der Waals surface area (Å²) in [6, 6.07) is 35.9. The summed E-state index contributed by atoms with van der Waals surface area (Å²) in [6.45, 7) is 14.0. The summed E-state index contributed by atoms with van der Waals surface area (Å²) in [5.41, 5.74) is 9.52. The van der Waals surface area contributed by atoms with E-state index in [0.717, 1.165) is 35.3 Å². The predicted octanol–water partition coefficient (Wildman–Crippen LogP) is 10.7. The number of fused-ring (bicyclic) bond motifs is 6. The van der Waals surface area contributed by atoms with E-state index in [9.17, 15) is 5.26 Å². The van der Waals surface area contributed by atoms with Crippen LogP contribution in [0.4, 0.5) is 5.69 Å². The zero-order valence-corrected chi connectivity index (χ0v) is 24.8. The van der Waals surface area contributed by atoms with Gasteiger partial charge in [0.2, 0.25) is 0 Å². The molecule has 7 rings (SSSR count). The maximum absolute atomic E-state index is 10.0. The Morgan fingerprint density at radius 2 is 1.11 bits per heavy atom. The van der Waals surface area contributed by atoms with Gasteiger partial charge in [-0.1, -0.05) is 72.8 Å². The Balaban J connectivity index is 1.23. The van der Waals surface area contributed by atoms with E-state index in [1.165, 1.54) is 43.6 Å². The van der Waals surface area contributed by atoms with Crippen LogP contribution < -0.4 is 0 Å². The standard InChI is InChI=1S/C40H30N4/c1-4-43-37-12-8-6-10-32(37)34-22-27(16-20-39(34)43)14-18-29-25-36(42-3)30(24-31(29)26-41)19-15-28-17-21-40-35(23-28)33-11-7-9-13-38(33)44(40)5-2/h6-25H,4-5H2,1-2H3. The molecular formula is C40H30N4. The second-order valence-electron chi connectivity index (χ2n) is 11.0.